The average Bonchev–Trinajstić information content (AvgIpc) is 3.43. The number of imidazole rings is 1. The fourth-order valence-electron chi connectivity index (χ4n) is 3.64. The number of hydrogen-bond donors (Lipinski definition) is 1. The highest BCUT2D eigenvalue weighted by atomic mass is 32.1. The minimum atomic E-state index is -0.594. The molecule has 0 fully saturated rings. The molecule has 1 atom stereocenters. The van der Waals surface area contributed by atoms with E-state index in [-0.39, 0.29) is 11.3 Å². The molecular weight excluding hydrogens is 405 g/mol. The Balaban J connectivity index is 1.58. The molecule has 0 bridgehead atoms. The summed E-state index contributed by atoms with van der Waals surface area (Å²) in [5.41, 5.74) is 2.38. The summed E-state index contributed by atoms with van der Waals surface area (Å²) in [5.74, 6) is -0.216. The fourth-order valence-corrected chi connectivity index (χ4v) is 4.57. The van der Waals surface area contributed by atoms with Crippen molar-refractivity contribution in [2.24, 2.45) is 0 Å². The number of halogens is 1. The summed E-state index contributed by atoms with van der Waals surface area (Å²) in [4.78, 5) is 32.2. The van der Waals surface area contributed by atoms with E-state index in [1.165, 1.54) is 23.5 Å². The van der Waals surface area contributed by atoms with Gasteiger partial charge in [0, 0.05) is 30.1 Å². The molecule has 1 N–H and O–H groups in total. The number of carbonyl (C=O) groups excluding carboxylic acids is 1. The quantitative estimate of drug-likeness (QED) is 0.519. The number of nitrogens with zero attached hydrogens (tertiary/aromatic N) is 4. The van der Waals surface area contributed by atoms with Crippen molar-refractivity contribution >= 4 is 28.3 Å². The number of hydrogen-bond acceptors (Lipinski definition) is 6. The fraction of sp³-hybridized carbons (Fsp3) is 0.333. The lowest BCUT2D eigenvalue weighted by atomic mass is 9.98. The molecule has 0 unspecified atom stereocenters. The second kappa shape index (κ2) is 6.73. The van der Waals surface area contributed by atoms with Crippen molar-refractivity contribution < 1.29 is 13.6 Å². The molecule has 4 heterocycles. The SMILES string of the molecule is CC(C)(C)c1ncc(C(=O)N2CCc3[nH]cnc3[C@H]2c2nc3cc(F)ccc3o2)s1. The Morgan fingerprint density at radius 3 is 2.93 bits per heavy atom. The predicted octanol–water partition coefficient (Wildman–Crippen LogP) is 4.23. The summed E-state index contributed by atoms with van der Waals surface area (Å²) < 4.78 is 19.6. The van der Waals surface area contributed by atoms with Gasteiger partial charge in [0.15, 0.2) is 11.6 Å². The van der Waals surface area contributed by atoms with Gasteiger partial charge in [-0.3, -0.25) is 4.79 Å². The first-order valence-electron chi connectivity index (χ1n) is 9.66. The van der Waals surface area contributed by atoms with E-state index >= 15 is 0 Å². The minimum absolute atomic E-state index is 0.135. The van der Waals surface area contributed by atoms with Gasteiger partial charge in [0.1, 0.15) is 16.2 Å². The van der Waals surface area contributed by atoms with Crippen molar-refractivity contribution in [2.75, 3.05) is 6.54 Å². The first-order chi connectivity index (χ1) is 14.3. The molecule has 0 radical (unpaired) electrons. The van der Waals surface area contributed by atoms with Crippen LogP contribution in [0.3, 0.4) is 0 Å². The van der Waals surface area contributed by atoms with Crippen LogP contribution >= 0.6 is 11.3 Å². The number of fused-ring (bicyclic) bond motifs is 2. The normalized spacial score (nSPS) is 16.8. The van der Waals surface area contributed by atoms with Crippen LogP contribution in [0.25, 0.3) is 11.1 Å². The zero-order valence-electron chi connectivity index (χ0n) is 16.8. The van der Waals surface area contributed by atoms with Gasteiger partial charge in [-0.05, 0) is 12.1 Å². The largest absolute Gasteiger partial charge is 0.438 e. The van der Waals surface area contributed by atoms with Crippen LogP contribution in [-0.2, 0) is 11.8 Å². The molecule has 7 nitrogen and oxygen atoms in total. The Bertz CT molecular complexity index is 1250. The molecule has 0 saturated carbocycles. The zero-order chi connectivity index (χ0) is 21.0. The number of benzene rings is 1. The highest BCUT2D eigenvalue weighted by molar-refractivity contribution is 7.13. The second-order valence-corrected chi connectivity index (χ2v) is 9.39. The number of H-pyrrole nitrogens is 1. The smallest absolute Gasteiger partial charge is 0.266 e. The summed E-state index contributed by atoms with van der Waals surface area (Å²) in [5, 5.41) is 0.900. The number of aromatic amines is 1. The molecule has 9 heteroatoms. The van der Waals surface area contributed by atoms with Crippen molar-refractivity contribution in [1.82, 2.24) is 24.8 Å². The summed E-state index contributed by atoms with van der Waals surface area (Å²) in [6.45, 7) is 6.68. The van der Waals surface area contributed by atoms with E-state index < -0.39 is 11.9 Å². The van der Waals surface area contributed by atoms with E-state index in [2.05, 4.69) is 40.7 Å². The van der Waals surface area contributed by atoms with E-state index in [0.717, 1.165) is 10.7 Å². The lowest BCUT2D eigenvalue weighted by molar-refractivity contribution is 0.0672. The number of carbonyl (C=O) groups is 1. The summed E-state index contributed by atoms with van der Waals surface area (Å²) >= 11 is 1.40. The van der Waals surface area contributed by atoms with E-state index in [4.69, 9.17) is 4.42 Å². The van der Waals surface area contributed by atoms with Crippen molar-refractivity contribution in [3.05, 3.63) is 63.7 Å². The summed E-state index contributed by atoms with van der Waals surface area (Å²) in [6.07, 6.45) is 3.89. The van der Waals surface area contributed by atoms with Gasteiger partial charge in [0.25, 0.3) is 5.91 Å². The van der Waals surface area contributed by atoms with E-state index in [0.29, 0.717) is 40.5 Å². The monoisotopic (exact) mass is 425 g/mol. The molecule has 0 saturated heterocycles. The average molecular weight is 425 g/mol. The highest BCUT2D eigenvalue weighted by Crippen LogP contribution is 2.36. The molecule has 1 aliphatic heterocycles. The van der Waals surface area contributed by atoms with Gasteiger partial charge in [-0.25, -0.2) is 19.3 Å². The predicted molar refractivity (Wildman–Crippen MR) is 110 cm³/mol. The molecule has 0 aliphatic carbocycles. The molecule has 1 amide bonds. The topological polar surface area (TPSA) is 87.9 Å². The lowest BCUT2D eigenvalue weighted by Gasteiger charge is -2.32. The van der Waals surface area contributed by atoms with Crippen LogP contribution in [0, 0.1) is 5.82 Å². The Labute approximate surface area is 176 Å². The van der Waals surface area contributed by atoms with Crippen molar-refractivity contribution in [2.45, 2.75) is 38.6 Å². The maximum absolute atomic E-state index is 13.6. The second-order valence-electron chi connectivity index (χ2n) is 8.36. The van der Waals surface area contributed by atoms with Crippen molar-refractivity contribution in [3.8, 4) is 0 Å². The molecule has 30 heavy (non-hydrogen) atoms. The minimum Gasteiger partial charge on any atom is -0.438 e. The number of amides is 1. The maximum Gasteiger partial charge on any atom is 0.266 e. The number of nitrogens with one attached hydrogen (secondary N) is 1. The number of aromatic nitrogens is 4. The van der Waals surface area contributed by atoms with Crippen LogP contribution in [0.5, 0.6) is 0 Å². The van der Waals surface area contributed by atoms with Gasteiger partial charge in [-0.1, -0.05) is 20.8 Å². The third-order valence-electron chi connectivity index (χ3n) is 5.14. The summed E-state index contributed by atoms with van der Waals surface area (Å²) in [7, 11) is 0. The Hall–Kier alpha value is -3.07. The molecular formula is C21H20FN5O2S. The van der Waals surface area contributed by atoms with Gasteiger partial charge >= 0.3 is 0 Å². The first-order valence-corrected chi connectivity index (χ1v) is 10.5. The first kappa shape index (κ1) is 18.9. The third-order valence-corrected chi connectivity index (χ3v) is 6.56. The molecule has 154 valence electrons. The maximum atomic E-state index is 13.6. The molecule has 3 aromatic heterocycles. The lowest BCUT2D eigenvalue weighted by Crippen LogP contribution is -2.40. The summed E-state index contributed by atoms with van der Waals surface area (Å²) in [6, 6.07) is 3.59. The molecule has 1 aromatic carbocycles. The number of rotatable bonds is 2. The van der Waals surface area contributed by atoms with Crippen LogP contribution in [-0.4, -0.2) is 37.3 Å². The van der Waals surface area contributed by atoms with Crippen LogP contribution in [0.15, 0.2) is 35.1 Å². The van der Waals surface area contributed by atoms with Crippen LogP contribution < -0.4 is 0 Å². The number of oxazole rings is 1. The Morgan fingerprint density at radius 2 is 2.17 bits per heavy atom. The Morgan fingerprint density at radius 1 is 1.33 bits per heavy atom. The van der Waals surface area contributed by atoms with Crippen LogP contribution in [0.1, 0.15) is 58.8 Å². The molecule has 5 rings (SSSR count). The van der Waals surface area contributed by atoms with Gasteiger partial charge in [-0.2, -0.15) is 0 Å². The van der Waals surface area contributed by atoms with Gasteiger partial charge in [-0.15, -0.1) is 11.3 Å². The molecule has 1 aliphatic rings. The van der Waals surface area contributed by atoms with Crippen molar-refractivity contribution in [3.63, 3.8) is 0 Å². The van der Waals surface area contributed by atoms with E-state index in [1.54, 1.807) is 23.5 Å². The molecule has 4 aromatic rings. The van der Waals surface area contributed by atoms with E-state index in [9.17, 15) is 9.18 Å². The van der Waals surface area contributed by atoms with Gasteiger partial charge < -0.3 is 14.3 Å². The standard InChI is InChI=1S/C21H20FN5O2S/c1-21(2,3)20-23-9-15(30-20)19(28)27-7-6-12-16(25-10-24-12)17(27)18-26-13-8-11(22)4-5-14(13)29-18/h4-5,8-10,17H,6-7H2,1-3H3,(H,24,25)/t17-/m0/s1. The van der Waals surface area contributed by atoms with E-state index in [1.807, 2.05) is 0 Å². The number of thiazole rings is 1. The van der Waals surface area contributed by atoms with Gasteiger partial charge in [0.05, 0.1) is 23.2 Å². The Kier molecular flexibility index (Phi) is 4.25. The van der Waals surface area contributed by atoms with Crippen LogP contribution in [0.4, 0.5) is 4.39 Å². The zero-order valence-corrected chi connectivity index (χ0v) is 17.6. The van der Waals surface area contributed by atoms with Crippen LogP contribution in [0.2, 0.25) is 0 Å². The molecule has 0 spiro atoms. The third kappa shape index (κ3) is 3.09. The van der Waals surface area contributed by atoms with Gasteiger partial charge in [0.2, 0.25) is 5.89 Å². The highest BCUT2D eigenvalue weighted by Gasteiger charge is 2.38. The van der Waals surface area contributed by atoms with Crippen molar-refractivity contribution in [1.29, 1.82) is 0 Å².